The highest BCUT2D eigenvalue weighted by atomic mass is 15.1. The average molecular weight is 242 g/mol. The molecule has 2 saturated carbocycles. The second kappa shape index (κ2) is 3.54. The SMILES string of the molecule is Cn1c(C2C3CCC(C3)C2N)nc2ccncc21. The molecule has 0 radical (unpaired) electrons. The van der Waals surface area contributed by atoms with Gasteiger partial charge in [0.25, 0.3) is 0 Å². The first-order chi connectivity index (χ1) is 8.75. The lowest BCUT2D eigenvalue weighted by Gasteiger charge is -2.27. The summed E-state index contributed by atoms with van der Waals surface area (Å²) in [5, 5.41) is 0. The summed E-state index contributed by atoms with van der Waals surface area (Å²) in [4.78, 5) is 8.99. The van der Waals surface area contributed by atoms with Gasteiger partial charge in [-0.2, -0.15) is 0 Å². The fourth-order valence-corrected chi connectivity index (χ4v) is 4.07. The van der Waals surface area contributed by atoms with Crippen LogP contribution in [0.1, 0.15) is 31.0 Å². The summed E-state index contributed by atoms with van der Waals surface area (Å²) in [5.74, 6) is 3.07. The molecule has 2 aliphatic carbocycles. The van der Waals surface area contributed by atoms with Crippen molar-refractivity contribution in [2.24, 2.45) is 24.6 Å². The van der Waals surface area contributed by atoms with E-state index < -0.39 is 0 Å². The molecule has 2 N–H and O–H groups in total. The van der Waals surface area contributed by atoms with E-state index in [-0.39, 0.29) is 0 Å². The monoisotopic (exact) mass is 242 g/mol. The Labute approximate surface area is 106 Å². The van der Waals surface area contributed by atoms with Gasteiger partial charge in [-0.3, -0.25) is 4.98 Å². The molecular weight excluding hydrogens is 224 g/mol. The second-order valence-electron chi connectivity index (χ2n) is 5.83. The van der Waals surface area contributed by atoms with Crippen molar-refractivity contribution in [1.82, 2.24) is 14.5 Å². The van der Waals surface area contributed by atoms with Gasteiger partial charge in [0.2, 0.25) is 0 Å². The topological polar surface area (TPSA) is 56.7 Å². The van der Waals surface area contributed by atoms with Gasteiger partial charge in [-0.15, -0.1) is 0 Å². The number of aromatic nitrogens is 3. The third-order valence-corrected chi connectivity index (χ3v) is 5.00. The number of nitrogens with two attached hydrogens (primary N) is 1. The Morgan fingerprint density at radius 3 is 2.89 bits per heavy atom. The minimum atomic E-state index is 0.298. The number of pyridine rings is 1. The molecule has 94 valence electrons. The van der Waals surface area contributed by atoms with E-state index in [9.17, 15) is 0 Å². The van der Waals surface area contributed by atoms with Crippen molar-refractivity contribution in [3.63, 3.8) is 0 Å². The first kappa shape index (κ1) is 10.5. The zero-order valence-corrected chi connectivity index (χ0v) is 10.6. The Bertz CT molecular complexity index is 601. The molecule has 0 aromatic carbocycles. The molecule has 0 amide bonds. The van der Waals surface area contributed by atoms with Crippen LogP contribution in [0.4, 0.5) is 0 Å². The molecule has 0 saturated heterocycles. The zero-order valence-electron chi connectivity index (χ0n) is 10.6. The summed E-state index contributed by atoms with van der Waals surface area (Å²) < 4.78 is 2.19. The molecule has 0 spiro atoms. The van der Waals surface area contributed by atoms with Crippen molar-refractivity contribution in [1.29, 1.82) is 0 Å². The van der Waals surface area contributed by atoms with E-state index in [1.807, 2.05) is 12.3 Å². The van der Waals surface area contributed by atoms with Crippen molar-refractivity contribution in [3.8, 4) is 0 Å². The van der Waals surface area contributed by atoms with Gasteiger partial charge in [-0.1, -0.05) is 0 Å². The van der Waals surface area contributed by atoms with Gasteiger partial charge in [-0.25, -0.2) is 4.98 Å². The molecule has 4 rings (SSSR count). The third-order valence-electron chi connectivity index (χ3n) is 5.00. The quantitative estimate of drug-likeness (QED) is 0.829. The Kier molecular flexibility index (Phi) is 2.07. The van der Waals surface area contributed by atoms with Crippen LogP contribution >= 0.6 is 0 Å². The van der Waals surface area contributed by atoms with E-state index >= 15 is 0 Å². The van der Waals surface area contributed by atoms with Gasteiger partial charge in [0, 0.05) is 25.2 Å². The summed E-state index contributed by atoms with van der Waals surface area (Å²) in [5.41, 5.74) is 8.57. The van der Waals surface area contributed by atoms with Crippen molar-refractivity contribution in [2.75, 3.05) is 0 Å². The van der Waals surface area contributed by atoms with E-state index in [0.717, 1.165) is 28.7 Å². The molecule has 2 aliphatic rings. The molecule has 2 heterocycles. The molecule has 4 heteroatoms. The Hall–Kier alpha value is -1.42. The number of rotatable bonds is 1. The molecule has 0 aliphatic heterocycles. The maximum atomic E-state index is 6.42. The van der Waals surface area contributed by atoms with Crippen LogP contribution in [0.2, 0.25) is 0 Å². The summed E-state index contributed by atoms with van der Waals surface area (Å²) >= 11 is 0. The van der Waals surface area contributed by atoms with Gasteiger partial charge in [-0.05, 0) is 37.2 Å². The molecule has 2 fully saturated rings. The molecule has 4 nitrogen and oxygen atoms in total. The highest BCUT2D eigenvalue weighted by Gasteiger charge is 2.48. The van der Waals surface area contributed by atoms with E-state index in [4.69, 9.17) is 10.7 Å². The lowest BCUT2D eigenvalue weighted by atomic mass is 9.84. The van der Waals surface area contributed by atoms with Crippen molar-refractivity contribution >= 4 is 11.0 Å². The largest absolute Gasteiger partial charge is 0.330 e. The maximum absolute atomic E-state index is 6.42. The third kappa shape index (κ3) is 1.24. The van der Waals surface area contributed by atoms with Crippen LogP contribution < -0.4 is 5.73 Å². The Balaban J connectivity index is 1.85. The van der Waals surface area contributed by atoms with Crippen LogP contribution in [-0.4, -0.2) is 20.6 Å². The first-order valence-corrected chi connectivity index (χ1v) is 6.77. The summed E-state index contributed by atoms with van der Waals surface area (Å²) in [6, 6.07) is 2.28. The highest BCUT2D eigenvalue weighted by Crippen LogP contribution is 2.51. The fraction of sp³-hybridized carbons (Fsp3) is 0.571. The number of imidazole rings is 1. The summed E-state index contributed by atoms with van der Waals surface area (Å²) in [6.07, 6.45) is 7.63. The molecular formula is C14H18N4. The summed E-state index contributed by atoms with van der Waals surface area (Å²) in [6.45, 7) is 0. The Morgan fingerprint density at radius 2 is 2.17 bits per heavy atom. The smallest absolute Gasteiger partial charge is 0.114 e. The van der Waals surface area contributed by atoms with Gasteiger partial charge in [0.15, 0.2) is 0 Å². The van der Waals surface area contributed by atoms with Gasteiger partial charge < -0.3 is 10.3 Å². The number of aryl methyl sites for hydroxylation is 1. The Morgan fingerprint density at radius 1 is 1.33 bits per heavy atom. The average Bonchev–Trinajstić information content (AvgIpc) is 3.04. The van der Waals surface area contributed by atoms with Crippen LogP contribution in [0, 0.1) is 11.8 Å². The van der Waals surface area contributed by atoms with Crippen LogP contribution in [0.25, 0.3) is 11.0 Å². The minimum absolute atomic E-state index is 0.298. The van der Waals surface area contributed by atoms with Crippen molar-refractivity contribution in [3.05, 3.63) is 24.3 Å². The van der Waals surface area contributed by atoms with Crippen molar-refractivity contribution in [2.45, 2.75) is 31.2 Å². The molecule has 4 atom stereocenters. The number of nitrogens with zero attached hydrogens (tertiary/aromatic N) is 3. The van der Waals surface area contributed by atoms with E-state index in [2.05, 4.69) is 16.6 Å². The molecule has 4 unspecified atom stereocenters. The number of fused-ring (bicyclic) bond motifs is 3. The number of hydrogen-bond donors (Lipinski definition) is 1. The first-order valence-electron chi connectivity index (χ1n) is 6.77. The maximum Gasteiger partial charge on any atom is 0.114 e. The normalized spacial score (nSPS) is 34.6. The van der Waals surface area contributed by atoms with E-state index in [0.29, 0.717) is 12.0 Å². The number of hydrogen-bond acceptors (Lipinski definition) is 3. The predicted octanol–water partition coefficient (Wildman–Crippen LogP) is 1.81. The zero-order chi connectivity index (χ0) is 12.3. The van der Waals surface area contributed by atoms with Gasteiger partial charge in [0.05, 0.1) is 17.2 Å². The molecule has 18 heavy (non-hydrogen) atoms. The fourth-order valence-electron chi connectivity index (χ4n) is 4.07. The highest BCUT2D eigenvalue weighted by molar-refractivity contribution is 5.74. The van der Waals surface area contributed by atoms with Crippen LogP contribution in [0.5, 0.6) is 0 Å². The predicted molar refractivity (Wildman–Crippen MR) is 70.1 cm³/mol. The minimum Gasteiger partial charge on any atom is -0.330 e. The lowest BCUT2D eigenvalue weighted by Crippen LogP contribution is -2.35. The molecule has 2 aromatic heterocycles. The van der Waals surface area contributed by atoms with Gasteiger partial charge >= 0.3 is 0 Å². The standard InChI is InChI=1S/C14H18N4/c1-18-11-7-16-5-4-10(11)17-14(18)12-8-2-3-9(6-8)13(12)15/h4-5,7-9,12-13H,2-3,6,15H2,1H3. The second-order valence-corrected chi connectivity index (χ2v) is 5.83. The van der Waals surface area contributed by atoms with Crippen molar-refractivity contribution < 1.29 is 0 Å². The van der Waals surface area contributed by atoms with E-state index in [1.165, 1.54) is 19.3 Å². The summed E-state index contributed by atoms with van der Waals surface area (Å²) in [7, 11) is 2.09. The van der Waals surface area contributed by atoms with Crippen LogP contribution in [-0.2, 0) is 7.05 Å². The lowest BCUT2D eigenvalue weighted by molar-refractivity contribution is 0.350. The molecule has 2 bridgehead atoms. The van der Waals surface area contributed by atoms with E-state index in [1.54, 1.807) is 6.20 Å². The van der Waals surface area contributed by atoms with Gasteiger partial charge in [0.1, 0.15) is 5.82 Å². The molecule has 2 aromatic rings. The van der Waals surface area contributed by atoms with Crippen LogP contribution in [0.3, 0.4) is 0 Å². The van der Waals surface area contributed by atoms with Crippen LogP contribution in [0.15, 0.2) is 18.5 Å².